The van der Waals surface area contributed by atoms with Gasteiger partial charge in [-0.3, -0.25) is 0 Å². The molecule has 0 aliphatic carbocycles. The number of fused-ring (bicyclic) bond motifs is 3. The fourth-order valence-electron chi connectivity index (χ4n) is 3.45. The Balaban J connectivity index is 1.67. The molecule has 2 aromatic carbocycles. The summed E-state index contributed by atoms with van der Waals surface area (Å²) in [5, 5.41) is 0. The Hall–Kier alpha value is -1.80. The molecule has 2 heteroatoms. The second kappa shape index (κ2) is 4.35. The summed E-state index contributed by atoms with van der Waals surface area (Å²) in [6, 6.07) is 16.9. The van der Waals surface area contributed by atoms with Gasteiger partial charge in [-0.15, -0.1) is 0 Å². The molecule has 2 nitrogen and oxygen atoms in total. The highest BCUT2D eigenvalue weighted by molar-refractivity contribution is 5.42. The van der Waals surface area contributed by atoms with Crippen molar-refractivity contribution in [3.8, 4) is 5.75 Å². The molecule has 0 N–H and O–H groups in total. The number of hydrogen-bond acceptors (Lipinski definition) is 2. The van der Waals surface area contributed by atoms with Crippen molar-refractivity contribution >= 4 is 0 Å². The SMILES string of the molecule is Cc1ccc([C@H]2O[C@@H]3Oc4ccccc4[C@@H]3[C@@H]2C)cc1. The predicted molar refractivity (Wildman–Crippen MR) is 77.8 cm³/mol. The molecule has 0 radical (unpaired) electrons. The summed E-state index contributed by atoms with van der Waals surface area (Å²) in [6.45, 7) is 4.37. The summed E-state index contributed by atoms with van der Waals surface area (Å²) in [4.78, 5) is 0. The van der Waals surface area contributed by atoms with Crippen molar-refractivity contribution in [2.45, 2.75) is 32.2 Å². The Morgan fingerprint density at radius 1 is 0.950 bits per heavy atom. The van der Waals surface area contributed by atoms with Crippen molar-refractivity contribution in [2.75, 3.05) is 0 Å². The molecule has 2 aliphatic rings. The van der Waals surface area contributed by atoms with E-state index in [4.69, 9.17) is 9.47 Å². The molecule has 4 atom stereocenters. The van der Waals surface area contributed by atoms with E-state index in [1.54, 1.807) is 0 Å². The van der Waals surface area contributed by atoms with Gasteiger partial charge < -0.3 is 9.47 Å². The molecule has 20 heavy (non-hydrogen) atoms. The van der Waals surface area contributed by atoms with E-state index >= 15 is 0 Å². The van der Waals surface area contributed by atoms with Gasteiger partial charge in [-0.05, 0) is 24.5 Å². The maximum atomic E-state index is 6.18. The molecule has 2 heterocycles. The van der Waals surface area contributed by atoms with Crippen molar-refractivity contribution in [3.63, 3.8) is 0 Å². The highest BCUT2D eigenvalue weighted by Gasteiger charge is 2.49. The van der Waals surface area contributed by atoms with E-state index in [1.807, 2.05) is 12.1 Å². The van der Waals surface area contributed by atoms with Crippen LogP contribution in [0.2, 0.25) is 0 Å². The molecule has 0 saturated carbocycles. The Labute approximate surface area is 119 Å². The molecule has 2 aliphatic heterocycles. The van der Waals surface area contributed by atoms with Gasteiger partial charge in [0.25, 0.3) is 0 Å². The van der Waals surface area contributed by atoms with Crippen LogP contribution in [0.25, 0.3) is 0 Å². The zero-order valence-corrected chi connectivity index (χ0v) is 11.7. The first kappa shape index (κ1) is 12.0. The number of para-hydroxylation sites is 1. The lowest BCUT2D eigenvalue weighted by molar-refractivity contribution is -0.0718. The van der Waals surface area contributed by atoms with E-state index in [9.17, 15) is 0 Å². The van der Waals surface area contributed by atoms with Gasteiger partial charge in [-0.1, -0.05) is 55.0 Å². The minimum atomic E-state index is -0.131. The molecule has 0 aromatic heterocycles. The molecule has 2 aromatic rings. The normalized spacial score (nSPS) is 30.7. The van der Waals surface area contributed by atoms with Crippen LogP contribution in [0, 0.1) is 12.8 Å². The average Bonchev–Trinajstić information content (AvgIpc) is 2.97. The van der Waals surface area contributed by atoms with Gasteiger partial charge in [0.2, 0.25) is 6.29 Å². The van der Waals surface area contributed by atoms with E-state index in [-0.39, 0.29) is 12.4 Å². The largest absolute Gasteiger partial charge is 0.464 e. The maximum Gasteiger partial charge on any atom is 0.207 e. The summed E-state index contributed by atoms with van der Waals surface area (Å²) in [5.74, 6) is 1.75. The maximum absolute atomic E-state index is 6.18. The number of benzene rings is 2. The van der Waals surface area contributed by atoms with E-state index in [0.717, 1.165) is 5.75 Å². The minimum Gasteiger partial charge on any atom is -0.464 e. The molecular weight excluding hydrogens is 248 g/mol. The van der Waals surface area contributed by atoms with Crippen molar-refractivity contribution in [3.05, 3.63) is 65.2 Å². The van der Waals surface area contributed by atoms with Gasteiger partial charge in [-0.2, -0.15) is 0 Å². The molecule has 4 rings (SSSR count). The first-order chi connectivity index (χ1) is 9.74. The second-order valence-corrected chi connectivity index (χ2v) is 5.88. The molecular formula is C18H18O2. The van der Waals surface area contributed by atoms with Crippen LogP contribution in [0.4, 0.5) is 0 Å². The topological polar surface area (TPSA) is 18.5 Å². The molecule has 0 amide bonds. The molecule has 0 bridgehead atoms. The van der Waals surface area contributed by atoms with Gasteiger partial charge >= 0.3 is 0 Å². The first-order valence-electron chi connectivity index (χ1n) is 7.21. The third-order valence-corrected chi connectivity index (χ3v) is 4.55. The third kappa shape index (κ3) is 1.68. The smallest absolute Gasteiger partial charge is 0.207 e. The van der Waals surface area contributed by atoms with Crippen LogP contribution >= 0.6 is 0 Å². The lowest BCUT2D eigenvalue weighted by Gasteiger charge is -2.18. The lowest BCUT2D eigenvalue weighted by Crippen LogP contribution is -2.15. The van der Waals surface area contributed by atoms with Crippen LogP contribution in [0.5, 0.6) is 5.75 Å². The molecule has 102 valence electrons. The van der Waals surface area contributed by atoms with Crippen LogP contribution in [-0.4, -0.2) is 6.29 Å². The van der Waals surface area contributed by atoms with E-state index in [1.165, 1.54) is 16.7 Å². The lowest BCUT2D eigenvalue weighted by atomic mass is 9.84. The fourth-order valence-corrected chi connectivity index (χ4v) is 3.45. The monoisotopic (exact) mass is 266 g/mol. The van der Waals surface area contributed by atoms with Crippen molar-refractivity contribution in [2.24, 2.45) is 5.92 Å². The molecule has 1 fully saturated rings. The standard InChI is InChI=1S/C18H18O2/c1-11-7-9-13(10-8-11)17-12(2)16-14-5-3-4-6-15(14)19-18(16)20-17/h3-10,12,16-18H,1-2H3/t12-,16-,17-,18-/m0/s1. The summed E-state index contributed by atoms with van der Waals surface area (Å²) < 4.78 is 12.1. The molecule has 0 unspecified atom stereocenters. The number of hydrogen-bond donors (Lipinski definition) is 0. The summed E-state index contributed by atoms with van der Waals surface area (Å²) in [7, 11) is 0. The van der Waals surface area contributed by atoms with Gasteiger partial charge in [0.15, 0.2) is 0 Å². The number of rotatable bonds is 1. The van der Waals surface area contributed by atoms with Crippen LogP contribution in [0.1, 0.15) is 35.6 Å². The number of aryl methyl sites for hydroxylation is 1. The Bertz CT molecular complexity index is 632. The van der Waals surface area contributed by atoms with E-state index in [2.05, 4.69) is 50.2 Å². The van der Waals surface area contributed by atoms with Crippen molar-refractivity contribution in [1.29, 1.82) is 0 Å². The Morgan fingerprint density at radius 2 is 1.70 bits per heavy atom. The summed E-state index contributed by atoms with van der Waals surface area (Å²) in [6.07, 6.45) is -0.00680. The predicted octanol–water partition coefficient (Wildman–Crippen LogP) is 4.20. The van der Waals surface area contributed by atoms with Gasteiger partial charge in [0.05, 0.1) is 12.0 Å². The van der Waals surface area contributed by atoms with Gasteiger partial charge in [0.1, 0.15) is 5.75 Å². The Morgan fingerprint density at radius 3 is 2.50 bits per heavy atom. The van der Waals surface area contributed by atoms with Crippen LogP contribution in [0.3, 0.4) is 0 Å². The zero-order valence-electron chi connectivity index (χ0n) is 11.7. The third-order valence-electron chi connectivity index (χ3n) is 4.55. The Kier molecular flexibility index (Phi) is 2.61. The fraction of sp³-hybridized carbons (Fsp3) is 0.333. The van der Waals surface area contributed by atoms with E-state index < -0.39 is 0 Å². The van der Waals surface area contributed by atoms with Gasteiger partial charge in [0, 0.05) is 5.56 Å². The average molecular weight is 266 g/mol. The quantitative estimate of drug-likeness (QED) is 0.770. The molecule has 0 spiro atoms. The highest BCUT2D eigenvalue weighted by atomic mass is 16.7. The summed E-state index contributed by atoms with van der Waals surface area (Å²) in [5.41, 5.74) is 3.82. The van der Waals surface area contributed by atoms with Gasteiger partial charge in [-0.25, -0.2) is 0 Å². The van der Waals surface area contributed by atoms with Crippen molar-refractivity contribution in [1.82, 2.24) is 0 Å². The van der Waals surface area contributed by atoms with Crippen LogP contribution in [0.15, 0.2) is 48.5 Å². The summed E-state index contributed by atoms with van der Waals surface area (Å²) >= 11 is 0. The van der Waals surface area contributed by atoms with E-state index in [0.29, 0.717) is 11.8 Å². The first-order valence-corrected chi connectivity index (χ1v) is 7.21. The zero-order chi connectivity index (χ0) is 13.7. The second-order valence-electron chi connectivity index (χ2n) is 5.88. The minimum absolute atomic E-state index is 0.124. The van der Waals surface area contributed by atoms with Crippen molar-refractivity contribution < 1.29 is 9.47 Å². The van der Waals surface area contributed by atoms with Crippen LogP contribution in [-0.2, 0) is 4.74 Å². The van der Waals surface area contributed by atoms with Crippen LogP contribution < -0.4 is 4.74 Å². The molecule has 1 saturated heterocycles. The highest BCUT2D eigenvalue weighted by Crippen LogP contribution is 2.53. The number of ether oxygens (including phenoxy) is 2.